The molecule has 0 atom stereocenters. The Labute approximate surface area is 89.8 Å². The lowest BCUT2D eigenvalue weighted by atomic mass is 9.67. The molecule has 0 saturated heterocycles. The number of carboxylic acids is 1. The third kappa shape index (κ3) is 1.34. The quantitative estimate of drug-likeness (QED) is 0.816. The van der Waals surface area contributed by atoms with Crippen LogP contribution < -0.4 is 0 Å². The summed E-state index contributed by atoms with van der Waals surface area (Å²) in [5.74, 6) is -1.02. The van der Waals surface area contributed by atoms with Gasteiger partial charge in [0.15, 0.2) is 0 Å². The fraction of sp³-hybridized carbons (Fsp3) is 0.300. The SMILES string of the molecule is N#Cc1csc(C2(C(=O)O)CC(=O)C2)c1. The van der Waals surface area contributed by atoms with Crippen molar-refractivity contribution in [2.75, 3.05) is 0 Å². The van der Waals surface area contributed by atoms with Gasteiger partial charge in [0.1, 0.15) is 17.3 Å². The van der Waals surface area contributed by atoms with E-state index in [0.29, 0.717) is 10.4 Å². The van der Waals surface area contributed by atoms with E-state index in [9.17, 15) is 9.59 Å². The van der Waals surface area contributed by atoms with Crippen LogP contribution >= 0.6 is 11.3 Å². The van der Waals surface area contributed by atoms with Crippen molar-refractivity contribution < 1.29 is 14.7 Å². The molecule has 1 saturated carbocycles. The first-order chi connectivity index (χ1) is 7.08. The van der Waals surface area contributed by atoms with E-state index in [-0.39, 0.29) is 18.6 Å². The highest BCUT2D eigenvalue weighted by molar-refractivity contribution is 7.10. The lowest BCUT2D eigenvalue weighted by Crippen LogP contribution is -2.47. The number of thiophene rings is 1. The molecular weight excluding hydrogens is 214 g/mol. The van der Waals surface area contributed by atoms with Crippen LogP contribution in [-0.2, 0) is 15.0 Å². The van der Waals surface area contributed by atoms with Crippen molar-refractivity contribution in [3.8, 4) is 6.07 Å². The monoisotopic (exact) mass is 221 g/mol. The maximum Gasteiger partial charge on any atom is 0.315 e. The standard InChI is InChI=1S/C10H7NO3S/c11-4-6-1-8(15-5-6)10(9(13)14)2-7(12)3-10/h1,5H,2-3H2,(H,13,14). The zero-order chi connectivity index (χ0) is 11.1. The predicted octanol–water partition coefficient (Wildman–Crippen LogP) is 1.31. The minimum Gasteiger partial charge on any atom is -0.481 e. The van der Waals surface area contributed by atoms with Crippen LogP contribution in [0.25, 0.3) is 0 Å². The predicted molar refractivity (Wildman–Crippen MR) is 52.6 cm³/mol. The molecule has 1 aliphatic rings. The van der Waals surface area contributed by atoms with Gasteiger partial charge < -0.3 is 5.11 Å². The molecule has 1 N–H and O–H groups in total. The summed E-state index contributed by atoms with van der Waals surface area (Å²) in [5, 5.41) is 19.4. The summed E-state index contributed by atoms with van der Waals surface area (Å²) in [5.41, 5.74) is -0.605. The highest BCUT2D eigenvalue weighted by Crippen LogP contribution is 2.44. The largest absolute Gasteiger partial charge is 0.481 e. The number of nitriles is 1. The Bertz CT molecular complexity index is 475. The zero-order valence-electron chi connectivity index (χ0n) is 7.69. The van der Waals surface area contributed by atoms with E-state index < -0.39 is 11.4 Å². The van der Waals surface area contributed by atoms with E-state index in [4.69, 9.17) is 10.4 Å². The molecule has 0 aliphatic heterocycles. The van der Waals surface area contributed by atoms with E-state index in [0.717, 1.165) is 0 Å². The molecule has 2 rings (SSSR count). The average molecular weight is 221 g/mol. The number of hydrogen-bond donors (Lipinski definition) is 1. The topological polar surface area (TPSA) is 78.2 Å². The van der Waals surface area contributed by atoms with Crippen LogP contribution in [0, 0.1) is 11.3 Å². The summed E-state index contributed by atoms with van der Waals surface area (Å²) in [6, 6.07) is 3.51. The van der Waals surface area contributed by atoms with Gasteiger partial charge >= 0.3 is 5.97 Å². The van der Waals surface area contributed by atoms with Gasteiger partial charge in [-0.15, -0.1) is 11.3 Å². The van der Waals surface area contributed by atoms with E-state index in [1.807, 2.05) is 6.07 Å². The molecule has 15 heavy (non-hydrogen) atoms. The molecule has 5 heteroatoms. The second-order valence-electron chi connectivity index (χ2n) is 3.59. The first-order valence-corrected chi connectivity index (χ1v) is 5.21. The van der Waals surface area contributed by atoms with Gasteiger partial charge in [0.25, 0.3) is 0 Å². The maximum absolute atomic E-state index is 11.1. The van der Waals surface area contributed by atoms with Crippen LogP contribution in [0.4, 0.5) is 0 Å². The Hall–Kier alpha value is -1.67. The van der Waals surface area contributed by atoms with E-state index in [1.165, 1.54) is 11.3 Å². The second kappa shape index (κ2) is 3.17. The summed E-state index contributed by atoms with van der Waals surface area (Å²) >= 11 is 1.23. The number of nitrogens with zero attached hydrogens (tertiary/aromatic N) is 1. The molecular formula is C10H7NO3S. The fourth-order valence-corrected chi connectivity index (χ4v) is 2.72. The van der Waals surface area contributed by atoms with Crippen molar-refractivity contribution in [2.45, 2.75) is 18.3 Å². The molecule has 0 aromatic carbocycles. The normalized spacial score (nSPS) is 17.9. The van der Waals surface area contributed by atoms with Gasteiger partial charge in [0.05, 0.1) is 5.56 Å². The summed E-state index contributed by atoms with van der Waals surface area (Å²) in [7, 11) is 0. The van der Waals surface area contributed by atoms with Crippen LogP contribution in [0.1, 0.15) is 23.3 Å². The van der Waals surface area contributed by atoms with Gasteiger partial charge in [-0.05, 0) is 6.07 Å². The molecule has 1 aliphatic carbocycles. The molecule has 1 aromatic rings. The smallest absolute Gasteiger partial charge is 0.315 e. The van der Waals surface area contributed by atoms with E-state index in [2.05, 4.69) is 0 Å². The molecule has 1 heterocycles. The Morgan fingerprint density at radius 1 is 1.60 bits per heavy atom. The third-order valence-corrected chi connectivity index (χ3v) is 3.74. The third-order valence-electron chi connectivity index (χ3n) is 2.61. The molecule has 1 fully saturated rings. The molecule has 0 unspecified atom stereocenters. The second-order valence-corrected chi connectivity index (χ2v) is 4.50. The number of hydrogen-bond acceptors (Lipinski definition) is 4. The van der Waals surface area contributed by atoms with Gasteiger partial charge in [0.2, 0.25) is 0 Å². The van der Waals surface area contributed by atoms with E-state index >= 15 is 0 Å². The van der Waals surface area contributed by atoms with Gasteiger partial charge in [-0.3, -0.25) is 9.59 Å². The van der Waals surface area contributed by atoms with Crippen molar-refractivity contribution in [3.63, 3.8) is 0 Å². The Morgan fingerprint density at radius 3 is 2.67 bits per heavy atom. The summed E-state index contributed by atoms with van der Waals surface area (Å²) in [6.07, 6.45) is 0.0986. The summed E-state index contributed by atoms with van der Waals surface area (Å²) in [6.45, 7) is 0. The van der Waals surface area contributed by atoms with Crippen molar-refractivity contribution in [3.05, 3.63) is 21.9 Å². The van der Waals surface area contributed by atoms with Crippen LogP contribution in [0.3, 0.4) is 0 Å². The highest BCUT2D eigenvalue weighted by atomic mass is 32.1. The average Bonchev–Trinajstić information content (AvgIpc) is 2.60. The van der Waals surface area contributed by atoms with Crippen LogP contribution in [0.2, 0.25) is 0 Å². The Morgan fingerprint density at radius 2 is 2.27 bits per heavy atom. The number of rotatable bonds is 2. The first kappa shape index (κ1) is 9.87. The zero-order valence-corrected chi connectivity index (χ0v) is 8.50. The van der Waals surface area contributed by atoms with Gasteiger partial charge in [-0.25, -0.2) is 0 Å². The highest BCUT2D eigenvalue weighted by Gasteiger charge is 2.52. The minimum atomic E-state index is -1.06. The molecule has 0 amide bonds. The van der Waals surface area contributed by atoms with Crippen molar-refractivity contribution in [2.24, 2.45) is 0 Å². The Balaban J connectivity index is 2.39. The Kier molecular flexibility index (Phi) is 2.09. The van der Waals surface area contributed by atoms with Gasteiger partial charge in [-0.2, -0.15) is 5.26 Å². The number of carboxylic acid groups (broad SMARTS) is 1. The first-order valence-electron chi connectivity index (χ1n) is 4.33. The number of aliphatic carboxylic acids is 1. The fourth-order valence-electron chi connectivity index (χ4n) is 1.70. The van der Waals surface area contributed by atoms with Crippen molar-refractivity contribution >= 4 is 23.1 Å². The molecule has 1 aromatic heterocycles. The summed E-state index contributed by atoms with van der Waals surface area (Å²) < 4.78 is 0. The minimum absolute atomic E-state index is 0.0377. The molecule has 0 spiro atoms. The van der Waals surface area contributed by atoms with Crippen LogP contribution in [0.5, 0.6) is 0 Å². The molecule has 0 bridgehead atoms. The lowest BCUT2D eigenvalue weighted by Gasteiger charge is -2.35. The van der Waals surface area contributed by atoms with Crippen LogP contribution in [-0.4, -0.2) is 16.9 Å². The lowest BCUT2D eigenvalue weighted by molar-refractivity contribution is -0.153. The number of Topliss-reactive ketones (excluding diaryl/α,β-unsaturated/α-hetero) is 1. The maximum atomic E-state index is 11.1. The molecule has 76 valence electrons. The summed E-state index contributed by atoms with van der Waals surface area (Å²) in [4.78, 5) is 22.7. The number of ketones is 1. The molecule has 0 radical (unpaired) electrons. The van der Waals surface area contributed by atoms with Crippen molar-refractivity contribution in [1.29, 1.82) is 5.26 Å². The van der Waals surface area contributed by atoms with Crippen LogP contribution in [0.15, 0.2) is 11.4 Å². The van der Waals surface area contributed by atoms with Gasteiger partial charge in [-0.1, -0.05) is 0 Å². The number of carbonyl (C=O) groups is 2. The van der Waals surface area contributed by atoms with Crippen molar-refractivity contribution in [1.82, 2.24) is 0 Å². The number of carbonyl (C=O) groups excluding carboxylic acids is 1. The molecule has 4 nitrogen and oxygen atoms in total. The van der Waals surface area contributed by atoms with Gasteiger partial charge in [0, 0.05) is 23.1 Å². The van der Waals surface area contributed by atoms with E-state index in [1.54, 1.807) is 11.4 Å².